The Morgan fingerprint density at radius 1 is 1.03 bits per heavy atom. The number of nitrogens with zero attached hydrogens (tertiary/aromatic N) is 2. The van der Waals surface area contributed by atoms with Crippen molar-refractivity contribution in [3.8, 4) is 0 Å². The van der Waals surface area contributed by atoms with Crippen molar-refractivity contribution in [3.05, 3.63) is 24.4 Å². The van der Waals surface area contributed by atoms with E-state index in [0.29, 0.717) is 25.5 Å². The Balaban J connectivity index is 1.47. The minimum absolute atomic E-state index is 0.0183. The van der Waals surface area contributed by atoms with Crippen LogP contribution in [0.4, 0.5) is 5.82 Å². The molecular formula is C21H30N4O5. The lowest BCUT2D eigenvalue weighted by molar-refractivity contribution is -0.138. The van der Waals surface area contributed by atoms with Gasteiger partial charge in [-0.2, -0.15) is 0 Å². The topological polar surface area (TPSA) is 110 Å². The van der Waals surface area contributed by atoms with Crippen molar-refractivity contribution in [3.63, 3.8) is 0 Å². The standard InChI is InChI=1S/C21H30N4O5/c26-19(24-18-7-1-2-10-22-18)8-9-21(28)25(14-17-6-4-12-30-17)15-20(27)23-13-16-5-3-11-29-16/h1-2,7,10,16-17H,3-6,8-9,11-15H2,(H,23,27)(H,22,24,26)/t16-,17+/m0/s1. The van der Waals surface area contributed by atoms with Crippen LogP contribution < -0.4 is 10.6 Å². The molecule has 164 valence electrons. The maximum Gasteiger partial charge on any atom is 0.239 e. The number of aromatic nitrogens is 1. The molecule has 0 bridgehead atoms. The zero-order valence-corrected chi connectivity index (χ0v) is 17.2. The fourth-order valence-corrected chi connectivity index (χ4v) is 3.57. The first kappa shape index (κ1) is 22.2. The number of hydrogen-bond acceptors (Lipinski definition) is 6. The van der Waals surface area contributed by atoms with Crippen molar-refractivity contribution in [2.24, 2.45) is 0 Å². The van der Waals surface area contributed by atoms with E-state index in [2.05, 4.69) is 15.6 Å². The molecule has 0 spiro atoms. The van der Waals surface area contributed by atoms with Crippen LogP contribution in [0.3, 0.4) is 0 Å². The van der Waals surface area contributed by atoms with E-state index in [9.17, 15) is 14.4 Å². The number of ether oxygens (including phenoxy) is 2. The third kappa shape index (κ3) is 7.38. The van der Waals surface area contributed by atoms with E-state index in [1.165, 1.54) is 4.90 Å². The monoisotopic (exact) mass is 418 g/mol. The van der Waals surface area contributed by atoms with Crippen molar-refractivity contribution in [1.29, 1.82) is 0 Å². The van der Waals surface area contributed by atoms with Crippen molar-refractivity contribution in [2.75, 3.05) is 38.2 Å². The number of rotatable bonds is 10. The molecule has 2 atom stereocenters. The summed E-state index contributed by atoms with van der Waals surface area (Å²) in [5.74, 6) is -0.314. The zero-order chi connectivity index (χ0) is 21.2. The number of amides is 3. The quantitative estimate of drug-likeness (QED) is 0.589. The van der Waals surface area contributed by atoms with Gasteiger partial charge in [0.1, 0.15) is 5.82 Å². The van der Waals surface area contributed by atoms with Gasteiger partial charge in [0.2, 0.25) is 17.7 Å². The molecule has 0 radical (unpaired) electrons. The predicted molar refractivity (Wildman–Crippen MR) is 110 cm³/mol. The van der Waals surface area contributed by atoms with Crippen molar-refractivity contribution in [2.45, 2.75) is 50.7 Å². The number of pyridine rings is 1. The van der Waals surface area contributed by atoms with Gasteiger partial charge in [0.05, 0.1) is 18.8 Å². The van der Waals surface area contributed by atoms with E-state index in [4.69, 9.17) is 9.47 Å². The van der Waals surface area contributed by atoms with Crippen LogP contribution in [0.1, 0.15) is 38.5 Å². The van der Waals surface area contributed by atoms with Crippen molar-refractivity contribution in [1.82, 2.24) is 15.2 Å². The molecule has 3 amide bonds. The molecule has 0 aliphatic carbocycles. The number of anilines is 1. The van der Waals surface area contributed by atoms with Gasteiger partial charge in [0.15, 0.2) is 0 Å². The highest BCUT2D eigenvalue weighted by molar-refractivity contribution is 5.93. The summed E-state index contributed by atoms with van der Waals surface area (Å²) in [6.45, 7) is 2.16. The van der Waals surface area contributed by atoms with Crippen LogP contribution in [-0.4, -0.2) is 72.7 Å². The molecule has 3 heterocycles. The average molecular weight is 418 g/mol. The molecule has 0 saturated carbocycles. The summed E-state index contributed by atoms with van der Waals surface area (Å²) in [6.07, 6.45) is 5.35. The molecule has 2 saturated heterocycles. The van der Waals surface area contributed by atoms with Gasteiger partial charge in [0, 0.05) is 45.3 Å². The van der Waals surface area contributed by atoms with Crippen LogP contribution in [0, 0.1) is 0 Å². The summed E-state index contributed by atoms with van der Waals surface area (Å²) in [5, 5.41) is 5.51. The highest BCUT2D eigenvalue weighted by Crippen LogP contribution is 2.15. The van der Waals surface area contributed by atoms with Gasteiger partial charge in [-0.25, -0.2) is 4.98 Å². The average Bonchev–Trinajstić information content (AvgIpc) is 3.45. The van der Waals surface area contributed by atoms with Crippen LogP contribution in [0.5, 0.6) is 0 Å². The minimum atomic E-state index is -0.290. The number of carbonyl (C=O) groups excluding carboxylic acids is 3. The summed E-state index contributed by atoms with van der Waals surface area (Å²) >= 11 is 0. The molecule has 2 fully saturated rings. The van der Waals surface area contributed by atoms with E-state index < -0.39 is 0 Å². The van der Waals surface area contributed by atoms with E-state index >= 15 is 0 Å². The Labute approximate surface area is 176 Å². The summed E-state index contributed by atoms with van der Waals surface area (Å²) in [4.78, 5) is 42.8. The molecule has 9 heteroatoms. The Bertz CT molecular complexity index is 703. The molecule has 2 aliphatic rings. The SMILES string of the molecule is O=C(CN(C[C@H]1CCCO1)C(=O)CCC(=O)Nc1ccccn1)NC[C@@H]1CCCO1. The highest BCUT2D eigenvalue weighted by atomic mass is 16.5. The molecule has 0 aromatic carbocycles. The molecular weight excluding hydrogens is 388 g/mol. The van der Waals surface area contributed by atoms with Crippen LogP contribution in [0.15, 0.2) is 24.4 Å². The van der Waals surface area contributed by atoms with Gasteiger partial charge in [0.25, 0.3) is 0 Å². The second kappa shape index (κ2) is 11.6. The Hall–Kier alpha value is -2.52. The van der Waals surface area contributed by atoms with Gasteiger partial charge in [-0.05, 0) is 37.8 Å². The Morgan fingerprint density at radius 3 is 2.47 bits per heavy atom. The van der Waals surface area contributed by atoms with Gasteiger partial charge in [-0.1, -0.05) is 6.07 Å². The van der Waals surface area contributed by atoms with Crippen LogP contribution in [0.2, 0.25) is 0 Å². The maximum atomic E-state index is 12.8. The largest absolute Gasteiger partial charge is 0.376 e. The van der Waals surface area contributed by atoms with Gasteiger partial charge >= 0.3 is 0 Å². The zero-order valence-electron chi connectivity index (χ0n) is 17.2. The lowest BCUT2D eigenvalue weighted by Crippen LogP contribution is -2.45. The van der Waals surface area contributed by atoms with Crippen LogP contribution in [0.25, 0.3) is 0 Å². The van der Waals surface area contributed by atoms with Gasteiger partial charge in [-0.15, -0.1) is 0 Å². The van der Waals surface area contributed by atoms with Crippen LogP contribution in [-0.2, 0) is 23.9 Å². The third-order valence-corrected chi connectivity index (χ3v) is 5.18. The Kier molecular flexibility index (Phi) is 8.58. The first-order valence-electron chi connectivity index (χ1n) is 10.6. The molecule has 2 aliphatic heterocycles. The normalized spacial score (nSPS) is 20.7. The van der Waals surface area contributed by atoms with Crippen molar-refractivity contribution >= 4 is 23.5 Å². The molecule has 9 nitrogen and oxygen atoms in total. The summed E-state index contributed by atoms with van der Waals surface area (Å²) in [6, 6.07) is 5.21. The smallest absolute Gasteiger partial charge is 0.239 e. The first-order valence-corrected chi connectivity index (χ1v) is 10.6. The van der Waals surface area contributed by atoms with E-state index in [1.54, 1.807) is 24.4 Å². The van der Waals surface area contributed by atoms with E-state index in [1.807, 2.05) is 0 Å². The van der Waals surface area contributed by atoms with E-state index in [0.717, 1.165) is 32.3 Å². The molecule has 1 aromatic rings. The highest BCUT2D eigenvalue weighted by Gasteiger charge is 2.25. The fraction of sp³-hybridized carbons (Fsp3) is 0.619. The molecule has 1 aromatic heterocycles. The summed E-state index contributed by atoms with van der Waals surface area (Å²) in [5.41, 5.74) is 0. The van der Waals surface area contributed by atoms with E-state index in [-0.39, 0.29) is 49.3 Å². The van der Waals surface area contributed by atoms with Gasteiger partial charge in [-0.3, -0.25) is 14.4 Å². The number of nitrogens with one attached hydrogen (secondary N) is 2. The summed E-state index contributed by atoms with van der Waals surface area (Å²) in [7, 11) is 0. The molecule has 0 unspecified atom stereocenters. The molecule has 30 heavy (non-hydrogen) atoms. The molecule has 3 rings (SSSR count). The Morgan fingerprint density at radius 2 is 1.80 bits per heavy atom. The summed E-state index contributed by atoms with van der Waals surface area (Å²) < 4.78 is 11.1. The molecule has 2 N–H and O–H groups in total. The lowest BCUT2D eigenvalue weighted by Gasteiger charge is -2.25. The fourth-order valence-electron chi connectivity index (χ4n) is 3.57. The second-order valence-corrected chi connectivity index (χ2v) is 7.61. The van der Waals surface area contributed by atoms with Crippen LogP contribution >= 0.6 is 0 Å². The number of hydrogen-bond donors (Lipinski definition) is 2. The van der Waals surface area contributed by atoms with Gasteiger partial charge < -0.3 is 25.0 Å². The first-order chi connectivity index (χ1) is 14.6. The second-order valence-electron chi connectivity index (χ2n) is 7.61. The lowest BCUT2D eigenvalue weighted by atomic mass is 10.2. The maximum absolute atomic E-state index is 12.8. The predicted octanol–water partition coefficient (Wildman–Crippen LogP) is 1.10. The third-order valence-electron chi connectivity index (χ3n) is 5.18. The number of carbonyl (C=O) groups is 3. The minimum Gasteiger partial charge on any atom is -0.376 e. The van der Waals surface area contributed by atoms with Crippen molar-refractivity contribution < 1.29 is 23.9 Å².